The number of benzene rings is 2. The Bertz CT molecular complexity index is 1530. The average Bonchev–Trinajstić information content (AvgIpc) is 2.96. The standard InChI is InChI=1S/C29H38ClN7O4S/c1-5-16-42(39,40)24-9-7-6-8-22(24)33-27-25(30)26(31)35-29(36-27)34-21-15-10-18(17-23(21)41-4)28(38)32-19-11-13-20(14-12-19)37(2)3/h6-10,15,17,19-20H,5,11-14,16H2,1-4H3,(H,32,38)(H4,31,33,34,35,36). The molecule has 5 N–H and O–H groups in total. The van der Waals surface area contributed by atoms with Crippen LogP contribution in [0.25, 0.3) is 0 Å². The lowest BCUT2D eigenvalue weighted by atomic mass is 9.90. The molecule has 1 saturated carbocycles. The molecule has 1 aromatic heterocycles. The lowest BCUT2D eigenvalue weighted by Crippen LogP contribution is -2.41. The highest BCUT2D eigenvalue weighted by atomic mass is 35.5. The number of nitrogens with one attached hydrogen (secondary N) is 3. The monoisotopic (exact) mass is 615 g/mol. The largest absolute Gasteiger partial charge is 0.495 e. The Labute approximate surface area is 252 Å². The minimum absolute atomic E-state index is 0.00350. The molecule has 0 saturated heterocycles. The molecule has 226 valence electrons. The number of hydrogen-bond acceptors (Lipinski definition) is 10. The van der Waals surface area contributed by atoms with Crippen LogP contribution >= 0.6 is 11.6 Å². The van der Waals surface area contributed by atoms with Crippen molar-refractivity contribution >= 4 is 56.3 Å². The predicted octanol–water partition coefficient (Wildman–Crippen LogP) is 4.99. The summed E-state index contributed by atoms with van der Waals surface area (Å²) < 4.78 is 31.2. The Morgan fingerprint density at radius 3 is 2.45 bits per heavy atom. The highest BCUT2D eigenvalue weighted by Gasteiger charge is 2.24. The van der Waals surface area contributed by atoms with Crippen molar-refractivity contribution in [2.75, 3.05) is 43.3 Å². The molecular formula is C29H38ClN7O4S. The molecule has 0 unspecified atom stereocenters. The predicted molar refractivity (Wildman–Crippen MR) is 167 cm³/mol. The number of nitrogens with zero attached hydrogens (tertiary/aromatic N) is 3. The van der Waals surface area contributed by atoms with Gasteiger partial charge in [0.15, 0.2) is 15.7 Å². The second kappa shape index (κ2) is 13.6. The van der Waals surface area contributed by atoms with E-state index in [4.69, 9.17) is 22.1 Å². The molecule has 0 atom stereocenters. The first-order valence-electron chi connectivity index (χ1n) is 13.9. The third-order valence-electron chi connectivity index (χ3n) is 7.30. The maximum absolute atomic E-state index is 13.0. The number of ether oxygens (including phenoxy) is 1. The van der Waals surface area contributed by atoms with E-state index in [0.29, 0.717) is 35.2 Å². The van der Waals surface area contributed by atoms with Crippen LogP contribution in [0, 0.1) is 0 Å². The Kier molecular flexibility index (Phi) is 10.1. The van der Waals surface area contributed by atoms with Crippen molar-refractivity contribution in [3.8, 4) is 5.75 Å². The van der Waals surface area contributed by atoms with Crippen molar-refractivity contribution < 1.29 is 17.9 Å². The van der Waals surface area contributed by atoms with Crippen LogP contribution in [0.5, 0.6) is 5.75 Å². The molecule has 1 heterocycles. The number of para-hydroxylation sites is 1. The fourth-order valence-electron chi connectivity index (χ4n) is 5.01. The maximum Gasteiger partial charge on any atom is 0.251 e. The van der Waals surface area contributed by atoms with E-state index in [-0.39, 0.29) is 45.2 Å². The lowest BCUT2D eigenvalue weighted by Gasteiger charge is -2.33. The van der Waals surface area contributed by atoms with Crippen LogP contribution in [0.3, 0.4) is 0 Å². The third-order valence-corrected chi connectivity index (χ3v) is 9.64. The van der Waals surface area contributed by atoms with Crippen LogP contribution in [0.4, 0.5) is 29.0 Å². The van der Waals surface area contributed by atoms with E-state index >= 15 is 0 Å². The first-order chi connectivity index (χ1) is 20.0. The molecule has 1 fully saturated rings. The van der Waals surface area contributed by atoms with Crippen LogP contribution < -0.4 is 26.4 Å². The van der Waals surface area contributed by atoms with E-state index in [0.717, 1.165) is 25.7 Å². The highest BCUT2D eigenvalue weighted by Crippen LogP contribution is 2.34. The molecule has 0 spiro atoms. The molecule has 1 aliphatic carbocycles. The van der Waals surface area contributed by atoms with Gasteiger partial charge in [0.25, 0.3) is 5.91 Å². The van der Waals surface area contributed by atoms with E-state index in [1.165, 1.54) is 13.2 Å². The van der Waals surface area contributed by atoms with E-state index in [1.54, 1.807) is 43.3 Å². The molecule has 1 aliphatic rings. The minimum atomic E-state index is -3.53. The Hall–Kier alpha value is -3.61. The summed E-state index contributed by atoms with van der Waals surface area (Å²) >= 11 is 6.40. The quantitative estimate of drug-likeness (QED) is 0.232. The Balaban J connectivity index is 1.52. The van der Waals surface area contributed by atoms with Crippen molar-refractivity contribution in [2.24, 2.45) is 0 Å². The fraction of sp³-hybridized carbons (Fsp3) is 0.414. The van der Waals surface area contributed by atoms with E-state index < -0.39 is 9.84 Å². The second-order valence-electron chi connectivity index (χ2n) is 10.5. The van der Waals surface area contributed by atoms with E-state index in [2.05, 4.69) is 44.9 Å². The zero-order chi connectivity index (χ0) is 30.4. The van der Waals surface area contributed by atoms with Crippen molar-refractivity contribution in [1.82, 2.24) is 20.2 Å². The topological polar surface area (TPSA) is 152 Å². The molecule has 42 heavy (non-hydrogen) atoms. The summed E-state index contributed by atoms with van der Waals surface area (Å²) in [4.78, 5) is 24.0. The molecule has 3 aromatic rings. The second-order valence-corrected chi connectivity index (χ2v) is 13.0. The molecular weight excluding hydrogens is 578 g/mol. The molecule has 1 amide bonds. The minimum Gasteiger partial charge on any atom is -0.495 e. The number of amides is 1. The first-order valence-corrected chi connectivity index (χ1v) is 15.9. The van der Waals surface area contributed by atoms with Crippen LogP contribution in [0.2, 0.25) is 5.02 Å². The summed E-state index contributed by atoms with van der Waals surface area (Å²) in [7, 11) is 2.16. The van der Waals surface area contributed by atoms with Crippen LogP contribution in [-0.4, -0.2) is 68.2 Å². The molecule has 13 heteroatoms. The molecule has 0 radical (unpaired) electrons. The van der Waals surface area contributed by atoms with Gasteiger partial charge in [-0.1, -0.05) is 30.7 Å². The van der Waals surface area contributed by atoms with Crippen molar-refractivity contribution in [2.45, 2.75) is 56.0 Å². The zero-order valence-electron chi connectivity index (χ0n) is 24.3. The van der Waals surface area contributed by atoms with Gasteiger partial charge in [-0.3, -0.25) is 4.79 Å². The molecule has 0 aliphatic heterocycles. The smallest absolute Gasteiger partial charge is 0.251 e. The van der Waals surface area contributed by atoms with Crippen LogP contribution in [-0.2, 0) is 9.84 Å². The van der Waals surface area contributed by atoms with Crippen LogP contribution in [0.1, 0.15) is 49.4 Å². The van der Waals surface area contributed by atoms with Crippen molar-refractivity contribution in [3.05, 3.63) is 53.1 Å². The van der Waals surface area contributed by atoms with Crippen LogP contribution in [0.15, 0.2) is 47.4 Å². The fourth-order valence-corrected chi connectivity index (χ4v) is 6.64. The van der Waals surface area contributed by atoms with Gasteiger partial charge in [0.2, 0.25) is 5.95 Å². The highest BCUT2D eigenvalue weighted by molar-refractivity contribution is 7.91. The number of carbonyl (C=O) groups excluding carboxylic acids is 1. The number of anilines is 5. The van der Waals surface area contributed by atoms with Gasteiger partial charge in [-0.25, -0.2) is 8.42 Å². The summed E-state index contributed by atoms with van der Waals surface area (Å²) in [6.45, 7) is 1.80. The van der Waals surface area contributed by atoms with Gasteiger partial charge in [-0.15, -0.1) is 0 Å². The number of aromatic nitrogens is 2. The van der Waals surface area contributed by atoms with Crippen molar-refractivity contribution in [3.63, 3.8) is 0 Å². The molecule has 2 aromatic carbocycles. The van der Waals surface area contributed by atoms with Gasteiger partial charge in [0.05, 0.1) is 29.1 Å². The third kappa shape index (κ3) is 7.42. The van der Waals surface area contributed by atoms with Gasteiger partial charge in [-0.05, 0) is 76.5 Å². The summed E-state index contributed by atoms with van der Waals surface area (Å²) in [5, 5.41) is 9.25. The Morgan fingerprint density at radius 1 is 1.07 bits per heavy atom. The summed E-state index contributed by atoms with van der Waals surface area (Å²) in [5.74, 6) is 0.462. The van der Waals surface area contributed by atoms with Crippen molar-refractivity contribution in [1.29, 1.82) is 0 Å². The van der Waals surface area contributed by atoms with E-state index in [9.17, 15) is 13.2 Å². The number of carbonyl (C=O) groups is 1. The SMILES string of the molecule is CCCS(=O)(=O)c1ccccc1Nc1nc(Nc2ccc(C(=O)NC3CCC(N(C)C)CC3)cc2OC)nc(N)c1Cl. The van der Waals surface area contributed by atoms with Gasteiger partial charge < -0.3 is 31.3 Å². The number of nitrogens with two attached hydrogens (primary N) is 1. The van der Waals surface area contributed by atoms with Gasteiger partial charge in [0, 0.05) is 17.6 Å². The number of nitrogen functional groups attached to an aromatic ring is 1. The summed E-state index contributed by atoms with van der Waals surface area (Å²) in [6, 6.07) is 12.3. The molecule has 4 rings (SSSR count). The number of methoxy groups -OCH3 is 1. The molecule has 11 nitrogen and oxygen atoms in total. The average molecular weight is 616 g/mol. The number of halogens is 1. The zero-order valence-corrected chi connectivity index (χ0v) is 25.8. The Morgan fingerprint density at radius 2 is 1.79 bits per heavy atom. The number of sulfone groups is 1. The number of rotatable bonds is 11. The normalized spacial score (nSPS) is 17.1. The first kappa shape index (κ1) is 31.3. The van der Waals surface area contributed by atoms with Gasteiger partial charge >= 0.3 is 0 Å². The van der Waals surface area contributed by atoms with E-state index in [1.807, 2.05) is 0 Å². The molecule has 0 bridgehead atoms. The number of hydrogen-bond donors (Lipinski definition) is 4. The maximum atomic E-state index is 13.0. The summed E-state index contributed by atoms with van der Waals surface area (Å²) in [6.07, 6.45) is 4.45. The van der Waals surface area contributed by atoms with Gasteiger partial charge in [0.1, 0.15) is 16.6 Å². The lowest BCUT2D eigenvalue weighted by molar-refractivity contribution is 0.0916. The van der Waals surface area contributed by atoms with Gasteiger partial charge in [-0.2, -0.15) is 9.97 Å². The summed E-state index contributed by atoms with van der Waals surface area (Å²) in [5.41, 5.74) is 7.37.